The predicted octanol–water partition coefficient (Wildman–Crippen LogP) is 5.13. The molecule has 7 nitrogen and oxygen atoms in total. The molecule has 2 amide bonds. The van der Waals surface area contributed by atoms with Gasteiger partial charge in [0.15, 0.2) is 0 Å². The van der Waals surface area contributed by atoms with E-state index in [9.17, 15) is 19.5 Å². The zero-order valence-electron chi connectivity index (χ0n) is 20.1. The number of nitrogens with one attached hydrogen (secondary N) is 1. The van der Waals surface area contributed by atoms with E-state index in [0.29, 0.717) is 45.5 Å². The van der Waals surface area contributed by atoms with E-state index in [0.717, 1.165) is 0 Å². The molecule has 1 aliphatic carbocycles. The van der Waals surface area contributed by atoms with E-state index in [1.807, 2.05) is 18.2 Å². The van der Waals surface area contributed by atoms with Crippen molar-refractivity contribution in [3.05, 3.63) is 94.0 Å². The van der Waals surface area contributed by atoms with Crippen molar-refractivity contribution in [3.8, 4) is 5.75 Å². The Kier molecular flexibility index (Phi) is 8.05. The number of aliphatic carboxylic acids is 1. The van der Waals surface area contributed by atoms with Gasteiger partial charge >= 0.3 is 5.97 Å². The maximum absolute atomic E-state index is 13.1. The largest absolute Gasteiger partial charge is 0.489 e. The molecule has 1 atom stereocenters. The van der Waals surface area contributed by atoms with E-state index in [-0.39, 0.29) is 18.9 Å². The number of para-hydroxylation sites is 1. The molecule has 1 saturated carbocycles. The van der Waals surface area contributed by atoms with E-state index < -0.39 is 23.3 Å². The average Bonchev–Trinajstić information content (AvgIpc) is 3.71. The van der Waals surface area contributed by atoms with Gasteiger partial charge in [-0.15, -0.1) is 0 Å². The van der Waals surface area contributed by atoms with Gasteiger partial charge in [-0.05, 0) is 54.8 Å². The Labute approximate surface area is 224 Å². The van der Waals surface area contributed by atoms with Crippen molar-refractivity contribution >= 4 is 46.7 Å². The molecule has 4 rings (SSSR count). The SMILES string of the molecule is CN(C(=O)C1(C(=O)N[C@@H](Cc2ccc(OCc3c(Cl)cccc3Cl)cc2)C(=O)O)CC1)c1ccccc1. The van der Waals surface area contributed by atoms with Gasteiger partial charge in [0.05, 0.1) is 0 Å². The zero-order chi connectivity index (χ0) is 26.6. The second-order valence-corrected chi connectivity index (χ2v) is 9.80. The maximum Gasteiger partial charge on any atom is 0.326 e. The topological polar surface area (TPSA) is 95.9 Å². The first-order chi connectivity index (χ1) is 17.7. The third-order valence-electron chi connectivity index (χ3n) is 6.45. The van der Waals surface area contributed by atoms with E-state index in [4.69, 9.17) is 27.9 Å². The van der Waals surface area contributed by atoms with E-state index in [2.05, 4.69) is 5.32 Å². The number of carbonyl (C=O) groups is 3. The van der Waals surface area contributed by atoms with Gasteiger partial charge < -0.3 is 20.1 Å². The molecule has 2 N–H and O–H groups in total. The number of carbonyl (C=O) groups excluding carboxylic acids is 2. The monoisotopic (exact) mass is 540 g/mol. The number of rotatable bonds is 10. The number of halogens is 2. The molecule has 3 aromatic rings. The first-order valence-electron chi connectivity index (χ1n) is 11.7. The van der Waals surface area contributed by atoms with Crippen molar-refractivity contribution in [2.75, 3.05) is 11.9 Å². The summed E-state index contributed by atoms with van der Waals surface area (Å²) in [6.45, 7) is 0.180. The van der Waals surface area contributed by atoms with Crippen LogP contribution in [0.3, 0.4) is 0 Å². The van der Waals surface area contributed by atoms with E-state index in [1.165, 1.54) is 4.90 Å². The summed E-state index contributed by atoms with van der Waals surface area (Å²) in [7, 11) is 1.61. The van der Waals surface area contributed by atoms with Crippen LogP contribution in [-0.2, 0) is 27.4 Å². The molecule has 0 spiro atoms. The first kappa shape index (κ1) is 26.5. The fourth-order valence-corrected chi connectivity index (χ4v) is 4.54. The Hall–Kier alpha value is -3.55. The molecule has 3 aromatic carbocycles. The minimum Gasteiger partial charge on any atom is -0.489 e. The van der Waals surface area contributed by atoms with Crippen LogP contribution in [0.2, 0.25) is 10.0 Å². The van der Waals surface area contributed by atoms with Crippen LogP contribution in [0.1, 0.15) is 24.0 Å². The number of carboxylic acid groups (broad SMARTS) is 1. The molecular formula is C28H26Cl2N2O5. The van der Waals surface area contributed by atoms with Gasteiger partial charge in [-0.2, -0.15) is 0 Å². The number of nitrogens with zero attached hydrogens (tertiary/aromatic N) is 1. The molecule has 1 fully saturated rings. The molecule has 37 heavy (non-hydrogen) atoms. The van der Waals surface area contributed by atoms with Crippen LogP contribution >= 0.6 is 23.2 Å². The van der Waals surface area contributed by atoms with Crippen molar-refractivity contribution in [2.24, 2.45) is 5.41 Å². The molecule has 0 unspecified atom stereocenters. The average molecular weight is 541 g/mol. The van der Waals surface area contributed by atoms with Gasteiger partial charge in [-0.25, -0.2) is 4.79 Å². The fraction of sp³-hybridized carbons (Fsp3) is 0.250. The molecule has 9 heteroatoms. The predicted molar refractivity (Wildman–Crippen MR) is 142 cm³/mol. The summed E-state index contributed by atoms with van der Waals surface area (Å²) in [5.41, 5.74) is 0.787. The van der Waals surface area contributed by atoms with Gasteiger partial charge in [0, 0.05) is 34.8 Å². The molecule has 0 heterocycles. The smallest absolute Gasteiger partial charge is 0.326 e. The highest BCUT2D eigenvalue weighted by molar-refractivity contribution is 6.35. The van der Waals surface area contributed by atoms with Gasteiger partial charge in [0.1, 0.15) is 23.8 Å². The summed E-state index contributed by atoms with van der Waals surface area (Å²) < 4.78 is 5.77. The number of anilines is 1. The van der Waals surface area contributed by atoms with E-state index >= 15 is 0 Å². The van der Waals surface area contributed by atoms with Crippen LogP contribution in [0.5, 0.6) is 5.75 Å². The normalized spacial score (nSPS) is 14.4. The minimum absolute atomic E-state index is 0.0521. The highest BCUT2D eigenvalue weighted by Crippen LogP contribution is 2.48. The third kappa shape index (κ3) is 6.06. The van der Waals surface area contributed by atoms with Gasteiger partial charge in [0.25, 0.3) is 0 Å². The van der Waals surface area contributed by atoms with Crippen molar-refractivity contribution in [2.45, 2.75) is 31.9 Å². The summed E-state index contributed by atoms with van der Waals surface area (Å²) in [4.78, 5) is 39.6. The molecule has 0 aromatic heterocycles. The van der Waals surface area contributed by atoms with E-state index in [1.54, 1.807) is 61.6 Å². The third-order valence-corrected chi connectivity index (χ3v) is 7.16. The van der Waals surface area contributed by atoms with Crippen LogP contribution in [0, 0.1) is 5.41 Å². The standard InChI is InChI=1S/C28H26Cl2N2O5/c1-32(19-6-3-2-4-7-19)27(36)28(14-15-28)26(35)31-24(25(33)34)16-18-10-12-20(13-11-18)37-17-21-22(29)8-5-9-23(21)30/h2-13,24H,14-17H2,1H3,(H,31,35)(H,33,34)/t24-/m0/s1. The summed E-state index contributed by atoms with van der Waals surface area (Å²) in [5, 5.41) is 13.3. The second-order valence-electron chi connectivity index (χ2n) is 8.98. The Morgan fingerprint density at radius 2 is 1.59 bits per heavy atom. The summed E-state index contributed by atoms with van der Waals surface area (Å²) >= 11 is 12.4. The number of hydrogen-bond acceptors (Lipinski definition) is 4. The van der Waals surface area contributed by atoms with Gasteiger partial charge in [0.2, 0.25) is 11.8 Å². The van der Waals surface area contributed by atoms with Crippen molar-refractivity contribution < 1.29 is 24.2 Å². The Morgan fingerprint density at radius 1 is 0.973 bits per heavy atom. The highest BCUT2D eigenvalue weighted by Gasteiger charge is 2.58. The molecule has 0 bridgehead atoms. The summed E-state index contributed by atoms with van der Waals surface area (Å²) in [6, 6.07) is 19.9. The van der Waals surface area contributed by atoms with Crippen LogP contribution in [-0.4, -0.2) is 36.0 Å². The molecule has 0 radical (unpaired) electrons. The Bertz CT molecular complexity index is 1270. The minimum atomic E-state index is -1.24. The summed E-state index contributed by atoms with van der Waals surface area (Å²) in [5.74, 6) is -1.53. The van der Waals surface area contributed by atoms with Crippen LogP contribution in [0.25, 0.3) is 0 Å². The number of hydrogen-bond donors (Lipinski definition) is 2. The lowest BCUT2D eigenvalue weighted by Crippen LogP contribution is -2.50. The molecule has 0 aliphatic heterocycles. The quantitative estimate of drug-likeness (QED) is 0.347. The lowest BCUT2D eigenvalue weighted by Gasteiger charge is -2.24. The molecular weight excluding hydrogens is 515 g/mol. The van der Waals surface area contributed by atoms with Crippen LogP contribution < -0.4 is 15.0 Å². The van der Waals surface area contributed by atoms with Crippen molar-refractivity contribution in [3.63, 3.8) is 0 Å². The Morgan fingerprint density at radius 3 is 2.16 bits per heavy atom. The first-order valence-corrected chi connectivity index (χ1v) is 12.5. The summed E-state index contributed by atoms with van der Waals surface area (Å²) in [6.07, 6.45) is 0.807. The number of carboxylic acids is 1. The second kappa shape index (κ2) is 11.2. The highest BCUT2D eigenvalue weighted by atomic mass is 35.5. The molecule has 192 valence electrons. The van der Waals surface area contributed by atoms with Crippen molar-refractivity contribution in [1.82, 2.24) is 5.32 Å². The lowest BCUT2D eigenvalue weighted by atomic mass is 10.0. The lowest BCUT2D eigenvalue weighted by molar-refractivity contribution is -0.144. The van der Waals surface area contributed by atoms with Gasteiger partial charge in [-0.1, -0.05) is 59.6 Å². The van der Waals surface area contributed by atoms with Crippen LogP contribution in [0.4, 0.5) is 5.69 Å². The number of amides is 2. The number of ether oxygens (including phenoxy) is 1. The molecule has 0 saturated heterocycles. The molecule has 1 aliphatic rings. The number of benzene rings is 3. The zero-order valence-corrected chi connectivity index (χ0v) is 21.6. The van der Waals surface area contributed by atoms with Crippen molar-refractivity contribution in [1.29, 1.82) is 0 Å². The van der Waals surface area contributed by atoms with Gasteiger partial charge in [-0.3, -0.25) is 9.59 Å². The van der Waals surface area contributed by atoms with Crippen LogP contribution in [0.15, 0.2) is 72.8 Å². The fourth-order valence-electron chi connectivity index (χ4n) is 4.03. The Balaban J connectivity index is 1.38. The maximum atomic E-state index is 13.1.